The standard InChI is InChI=1S/C14H25N3/c1-2-13-5-3-6-14(11-13)16-7-4-9-17-10-8-15-12-17/h8,10,12-14,16H,2-7,9,11H2,1H3/t13-,14+/m0/s1. The molecule has 1 aromatic rings. The van der Waals surface area contributed by atoms with Gasteiger partial charge in [0, 0.05) is 25.0 Å². The van der Waals surface area contributed by atoms with Crippen LogP contribution >= 0.6 is 0 Å². The molecule has 2 atom stereocenters. The molecule has 0 amide bonds. The van der Waals surface area contributed by atoms with Crippen molar-refractivity contribution < 1.29 is 0 Å². The summed E-state index contributed by atoms with van der Waals surface area (Å²) in [7, 11) is 0. The molecular weight excluding hydrogens is 210 g/mol. The van der Waals surface area contributed by atoms with Crippen LogP contribution in [-0.2, 0) is 6.54 Å². The minimum Gasteiger partial charge on any atom is -0.337 e. The number of hydrogen-bond donors (Lipinski definition) is 1. The first-order chi connectivity index (χ1) is 8.38. The maximum Gasteiger partial charge on any atom is 0.0945 e. The minimum atomic E-state index is 0.775. The maximum absolute atomic E-state index is 4.05. The van der Waals surface area contributed by atoms with Gasteiger partial charge in [-0.3, -0.25) is 0 Å². The van der Waals surface area contributed by atoms with Crippen LogP contribution in [0.1, 0.15) is 45.4 Å². The highest BCUT2D eigenvalue weighted by Crippen LogP contribution is 2.26. The molecule has 0 aromatic carbocycles. The van der Waals surface area contributed by atoms with E-state index in [0.717, 1.165) is 25.0 Å². The van der Waals surface area contributed by atoms with Gasteiger partial charge in [0.1, 0.15) is 0 Å². The van der Waals surface area contributed by atoms with E-state index in [2.05, 4.69) is 21.8 Å². The minimum absolute atomic E-state index is 0.775. The van der Waals surface area contributed by atoms with Crippen LogP contribution in [0.15, 0.2) is 18.7 Å². The first kappa shape index (κ1) is 12.6. The lowest BCUT2D eigenvalue weighted by molar-refractivity contribution is 0.278. The predicted octanol–water partition coefficient (Wildman–Crippen LogP) is 2.83. The Morgan fingerprint density at radius 1 is 1.41 bits per heavy atom. The molecule has 0 spiro atoms. The zero-order valence-corrected chi connectivity index (χ0v) is 10.9. The number of aryl methyl sites for hydroxylation is 1. The van der Waals surface area contributed by atoms with Crippen molar-refractivity contribution in [3.63, 3.8) is 0 Å². The van der Waals surface area contributed by atoms with E-state index in [-0.39, 0.29) is 0 Å². The molecule has 1 aliphatic rings. The molecule has 17 heavy (non-hydrogen) atoms. The summed E-state index contributed by atoms with van der Waals surface area (Å²) in [5.41, 5.74) is 0. The van der Waals surface area contributed by atoms with Gasteiger partial charge in [0.2, 0.25) is 0 Å². The Hall–Kier alpha value is -0.830. The van der Waals surface area contributed by atoms with Crippen molar-refractivity contribution in [2.75, 3.05) is 6.54 Å². The molecule has 96 valence electrons. The van der Waals surface area contributed by atoms with Gasteiger partial charge in [-0.25, -0.2) is 4.98 Å². The van der Waals surface area contributed by atoms with Gasteiger partial charge in [0.25, 0.3) is 0 Å². The first-order valence-corrected chi connectivity index (χ1v) is 7.07. The molecule has 1 N–H and O–H groups in total. The van der Waals surface area contributed by atoms with E-state index in [1.165, 1.54) is 38.5 Å². The van der Waals surface area contributed by atoms with Gasteiger partial charge >= 0.3 is 0 Å². The Kier molecular flexibility index (Phi) is 5.05. The monoisotopic (exact) mass is 235 g/mol. The third-order valence-corrected chi connectivity index (χ3v) is 3.95. The van der Waals surface area contributed by atoms with Crippen molar-refractivity contribution in [3.05, 3.63) is 18.7 Å². The normalized spacial score (nSPS) is 25.0. The predicted molar refractivity (Wildman–Crippen MR) is 70.9 cm³/mol. The summed E-state index contributed by atoms with van der Waals surface area (Å²) in [5, 5.41) is 3.71. The molecule has 1 saturated carbocycles. The van der Waals surface area contributed by atoms with E-state index in [4.69, 9.17) is 0 Å². The summed E-state index contributed by atoms with van der Waals surface area (Å²) < 4.78 is 2.15. The molecule has 1 aliphatic carbocycles. The first-order valence-electron chi connectivity index (χ1n) is 7.07. The van der Waals surface area contributed by atoms with Crippen LogP contribution < -0.4 is 5.32 Å². The molecule has 3 nitrogen and oxygen atoms in total. The highest BCUT2D eigenvalue weighted by atomic mass is 15.0. The fraction of sp³-hybridized carbons (Fsp3) is 0.786. The molecule has 0 unspecified atom stereocenters. The van der Waals surface area contributed by atoms with Gasteiger partial charge in [-0.15, -0.1) is 0 Å². The fourth-order valence-electron chi connectivity index (χ4n) is 2.83. The van der Waals surface area contributed by atoms with Gasteiger partial charge in [0.05, 0.1) is 6.33 Å². The van der Waals surface area contributed by atoms with Gasteiger partial charge in [-0.1, -0.05) is 26.2 Å². The Balaban J connectivity index is 1.58. The largest absolute Gasteiger partial charge is 0.337 e. The van der Waals surface area contributed by atoms with Crippen LogP contribution in [0.25, 0.3) is 0 Å². The highest BCUT2D eigenvalue weighted by Gasteiger charge is 2.19. The number of imidazole rings is 1. The molecule has 1 heterocycles. The Labute approximate surface area is 105 Å². The zero-order valence-electron chi connectivity index (χ0n) is 10.9. The lowest BCUT2D eigenvalue weighted by Crippen LogP contribution is -2.34. The topological polar surface area (TPSA) is 29.9 Å². The molecule has 1 fully saturated rings. The van der Waals surface area contributed by atoms with Crippen molar-refractivity contribution in [3.8, 4) is 0 Å². The van der Waals surface area contributed by atoms with E-state index < -0.39 is 0 Å². The van der Waals surface area contributed by atoms with E-state index >= 15 is 0 Å². The number of rotatable bonds is 6. The molecule has 1 aromatic heterocycles. The van der Waals surface area contributed by atoms with E-state index in [1.807, 2.05) is 18.7 Å². The van der Waals surface area contributed by atoms with Gasteiger partial charge in [0.15, 0.2) is 0 Å². The quantitative estimate of drug-likeness (QED) is 0.768. The van der Waals surface area contributed by atoms with Crippen LogP contribution in [0, 0.1) is 5.92 Å². The maximum atomic E-state index is 4.05. The van der Waals surface area contributed by atoms with Gasteiger partial charge in [-0.2, -0.15) is 0 Å². The Morgan fingerprint density at radius 3 is 3.12 bits per heavy atom. The van der Waals surface area contributed by atoms with Crippen LogP contribution in [-0.4, -0.2) is 22.1 Å². The van der Waals surface area contributed by atoms with Crippen molar-refractivity contribution in [2.45, 2.75) is 58.0 Å². The van der Waals surface area contributed by atoms with Crippen molar-refractivity contribution in [2.24, 2.45) is 5.92 Å². The third-order valence-electron chi connectivity index (χ3n) is 3.95. The second-order valence-corrected chi connectivity index (χ2v) is 5.25. The molecular formula is C14H25N3. The molecule has 2 rings (SSSR count). The summed E-state index contributed by atoms with van der Waals surface area (Å²) in [6, 6.07) is 0.775. The average Bonchev–Trinajstić information content (AvgIpc) is 2.88. The summed E-state index contributed by atoms with van der Waals surface area (Å²) >= 11 is 0. The van der Waals surface area contributed by atoms with Crippen LogP contribution in [0.5, 0.6) is 0 Å². The smallest absolute Gasteiger partial charge is 0.0945 e. The average molecular weight is 235 g/mol. The summed E-state index contributed by atoms with van der Waals surface area (Å²) in [6.45, 7) is 4.54. The number of aromatic nitrogens is 2. The molecule has 3 heteroatoms. The summed E-state index contributed by atoms with van der Waals surface area (Å²) in [5.74, 6) is 0.967. The van der Waals surface area contributed by atoms with E-state index in [9.17, 15) is 0 Å². The Bertz CT molecular complexity index is 294. The SMILES string of the molecule is CC[C@H]1CCC[C@@H](NCCCn2ccnc2)C1. The van der Waals surface area contributed by atoms with Gasteiger partial charge in [-0.05, 0) is 31.7 Å². The second-order valence-electron chi connectivity index (χ2n) is 5.25. The van der Waals surface area contributed by atoms with E-state index in [0.29, 0.717) is 0 Å². The lowest BCUT2D eigenvalue weighted by Gasteiger charge is -2.29. The Morgan fingerprint density at radius 2 is 2.35 bits per heavy atom. The summed E-state index contributed by atoms with van der Waals surface area (Å²) in [6.07, 6.45) is 14.0. The number of nitrogens with zero attached hydrogens (tertiary/aromatic N) is 2. The van der Waals surface area contributed by atoms with Crippen LogP contribution in [0.3, 0.4) is 0 Å². The summed E-state index contributed by atoms with van der Waals surface area (Å²) in [4.78, 5) is 4.05. The fourth-order valence-corrected chi connectivity index (χ4v) is 2.83. The highest BCUT2D eigenvalue weighted by molar-refractivity contribution is 4.78. The van der Waals surface area contributed by atoms with Crippen LogP contribution in [0.4, 0.5) is 0 Å². The van der Waals surface area contributed by atoms with Crippen molar-refractivity contribution in [1.82, 2.24) is 14.9 Å². The lowest BCUT2D eigenvalue weighted by atomic mass is 9.84. The second kappa shape index (κ2) is 6.80. The van der Waals surface area contributed by atoms with Crippen molar-refractivity contribution in [1.29, 1.82) is 0 Å². The molecule has 0 aliphatic heterocycles. The molecule has 0 radical (unpaired) electrons. The third kappa shape index (κ3) is 4.15. The van der Waals surface area contributed by atoms with Crippen molar-refractivity contribution >= 4 is 0 Å². The zero-order chi connectivity index (χ0) is 11.9. The number of nitrogens with one attached hydrogen (secondary N) is 1. The van der Waals surface area contributed by atoms with Gasteiger partial charge < -0.3 is 9.88 Å². The number of hydrogen-bond acceptors (Lipinski definition) is 2. The molecule has 0 saturated heterocycles. The van der Waals surface area contributed by atoms with E-state index in [1.54, 1.807) is 0 Å². The molecule has 0 bridgehead atoms. The van der Waals surface area contributed by atoms with Crippen LogP contribution in [0.2, 0.25) is 0 Å².